The van der Waals surface area contributed by atoms with Crippen LogP contribution in [0.25, 0.3) is 6.08 Å². The molecule has 0 radical (unpaired) electrons. The molecule has 0 saturated carbocycles. The Morgan fingerprint density at radius 3 is 2.62 bits per heavy atom. The minimum atomic E-state index is -1.10. The lowest BCUT2D eigenvalue weighted by atomic mass is 10.1. The van der Waals surface area contributed by atoms with Gasteiger partial charge in [-0.25, -0.2) is 9.18 Å². The zero-order chi connectivity index (χ0) is 17.7. The van der Waals surface area contributed by atoms with Crippen molar-refractivity contribution in [1.29, 1.82) is 0 Å². The summed E-state index contributed by atoms with van der Waals surface area (Å²) >= 11 is 12.1. The van der Waals surface area contributed by atoms with Crippen LogP contribution in [-0.2, 0) is 11.4 Å². The number of halogens is 3. The number of rotatable bonds is 6. The fourth-order valence-electron chi connectivity index (χ4n) is 1.93. The van der Waals surface area contributed by atoms with E-state index in [-0.39, 0.29) is 28.0 Å². The molecule has 0 aliphatic heterocycles. The molecule has 7 heteroatoms. The van der Waals surface area contributed by atoms with Gasteiger partial charge in [0.05, 0.1) is 17.2 Å². The summed E-state index contributed by atoms with van der Waals surface area (Å²) in [4.78, 5) is 10.6. The summed E-state index contributed by atoms with van der Waals surface area (Å²) in [7, 11) is 1.43. The first kappa shape index (κ1) is 18.1. The van der Waals surface area contributed by atoms with E-state index in [1.165, 1.54) is 37.5 Å². The second-order valence-corrected chi connectivity index (χ2v) is 5.50. The average Bonchev–Trinajstić information content (AvgIpc) is 2.53. The maximum Gasteiger partial charge on any atom is 0.328 e. The fourth-order valence-corrected chi connectivity index (χ4v) is 2.37. The number of hydrogen-bond acceptors (Lipinski definition) is 3. The molecule has 0 fully saturated rings. The summed E-state index contributed by atoms with van der Waals surface area (Å²) in [5, 5.41) is 9.19. The molecule has 0 heterocycles. The molecular weight excluding hydrogens is 358 g/mol. The lowest BCUT2D eigenvalue weighted by molar-refractivity contribution is -0.131. The maximum absolute atomic E-state index is 13.8. The molecule has 0 saturated heterocycles. The molecule has 0 spiro atoms. The average molecular weight is 371 g/mol. The van der Waals surface area contributed by atoms with Gasteiger partial charge in [-0.1, -0.05) is 29.3 Å². The van der Waals surface area contributed by atoms with Gasteiger partial charge in [-0.2, -0.15) is 0 Å². The number of aliphatic carboxylic acids is 1. The number of carboxylic acid groups (broad SMARTS) is 1. The normalized spacial score (nSPS) is 10.8. The number of methoxy groups -OCH3 is 1. The highest BCUT2D eigenvalue weighted by molar-refractivity contribution is 6.32. The van der Waals surface area contributed by atoms with Gasteiger partial charge in [0.2, 0.25) is 0 Å². The maximum atomic E-state index is 13.8. The highest BCUT2D eigenvalue weighted by Crippen LogP contribution is 2.35. The summed E-state index contributed by atoms with van der Waals surface area (Å²) in [5.41, 5.74) is 0.666. The molecule has 126 valence electrons. The van der Waals surface area contributed by atoms with E-state index < -0.39 is 11.8 Å². The van der Waals surface area contributed by atoms with Gasteiger partial charge < -0.3 is 14.6 Å². The molecular formula is C17H13Cl2FO4. The van der Waals surface area contributed by atoms with E-state index in [0.29, 0.717) is 11.3 Å². The Balaban J connectivity index is 2.27. The van der Waals surface area contributed by atoms with Gasteiger partial charge in [0.15, 0.2) is 11.5 Å². The van der Waals surface area contributed by atoms with Crippen molar-refractivity contribution in [3.63, 3.8) is 0 Å². The highest BCUT2D eigenvalue weighted by atomic mass is 35.5. The van der Waals surface area contributed by atoms with Crippen LogP contribution in [0.2, 0.25) is 10.0 Å². The number of hydrogen-bond donors (Lipinski definition) is 1. The van der Waals surface area contributed by atoms with Crippen LogP contribution in [0.1, 0.15) is 11.1 Å². The van der Waals surface area contributed by atoms with Gasteiger partial charge in [0.1, 0.15) is 12.4 Å². The van der Waals surface area contributed by atoms with E-state index in [9.17, 15) is 9.18 Å². The summed E-state index contributed by atoms with van der Waals surface area (Å²) < 4.78 is 24.5. The van der Waals surface area contributed by atoms with Gasteiger partial charge >= 0.3 is 5.97 Å². The Labute approximate surface area is 148 Å². The van der Waals surface area contributed by atoms with Crippen LogP contribution in [0.15, 0.2) is 36.4 Å². The van der Waals surface area contributed by atoms with E-state index in [1.54, 1.807) is 6.07 Å². The molecule has 1 N–H and O–H groups in total. The molecule has 24 heavy (non-hydrogen) atoms. The molecule has 0 unspecified atom stereocenters. The Bertz CT molecular complexity index is 770. The van der Waals surface area contributed by atoms with Crippen LogP contribution < -0.4 is 9.47 Å². The smallest absolute Gasteiger partial charge is 0.328 e. The fraction of sp³-hybridized carbons (Fsp3) is 0.118. The molecule has 0 aliphatic rings. The molecule has 4 nitrogen and oxygen atoms in total. The predicted molar refractivity (Wildman–Crippen MR) is 90.4 cm³/mol. The van der Waals surface area contributed by atoms with Crippen molar-refractivity contribution in [2.24, 2.45) is 0 Å². The molecule has 0 aromatic heterocycles. The molecule has 0 atom stereocenters. The minimum Gasteiger partial charge on any atom is -0.493 e. The van der Waals surface area contributed by atoms with Gasteiger partial charge in [0, 0.05) is 17.7 Å². The number of carboxylic acids is 1. The minimum absolute atomic E-state index is 0.109. The van der Waals surface area contributed by atoms with Crippen LogP contribution >= 0.6 is 23.2 Å². The zero-order valence-electron chi connectivity index (χ0n) is 12.6. The highest BCUT2D eigenvalue weighted by Gasteiger charge is 2.12. The quantitative estimate of drug-likeness (QED) is 0.740. The van der Waals surface area contributed by atoms with Crippen LogP contribution in [0.5, 0.6) is 11.5 Å². The lowest BCUT2D eigenvalue weighted by Crippen LogP contribution is -2.01. The molecule has 2 aromatic rings. The molecule has 2 aromatic carbocycles. The Morgan fingerprint density at radius 1 is 1.25 bits per heavy atom. The van der Waals surface area contributed by atoms with Crippen molar-refractivity contribution in [2.75, 3.05) is 7.11 Å². The number of benzene rings is 2. The first-order valence-electron chi connectivity index (χ1n) is 6.76. The van der Waals surface area contributed by atoms with Gasteiger partial charge in [-0.15, -0.1) is 0 Å². The van der Waals surface area contributed by atoms with Crippen molar-refractivity contribution in [1.82, 2.24) is 0 Å². The van der Waals surface area contributed by atoms with Gasteiger partial charge in [-0.3, -0.25) is 0 Å². The first-order chi connectivity index (χ1) is 11.4. The number of carbonyl (C=O) groups is 1. The van der Waals surface area contributed by atoms with E-state index in [4.69, 9.17) is 37.8 Å². The zero-order valence-corrected chi connectivity index (χ0v) is 14.1. The Morgan fingerprint density at radius 2 is 2.00 bits per heavy atom. The monoisotopic (exact) mass is 370 g/mol. The first-order valence-corrected chi connectivity index (χ1v) is 7.52. The summed E-state index contributed by atoms with van der Waals surface area (Å²) in [6.07, 6.45) is 2.30. The van der Waals surface area contributed by atoms with E-state index in [1.807, 2.05) is 0 Å². The molecule has 0 aliphatic carbocycles. The Hall–Kier alpha value is -2.24. The lowest BCUT2D eigenvalue weighted by Gasteiger charge is -2.13. The SMILES string of the molecule is COc1cc(C=CC(=O)O)c(Cl)cc1OCc1c(F)cccc1Cl. The standard InChI is InChI=1S/C17H13Cl2FO4/c1-23-15-7-10(5-6-17(21)22)13(19)8-16(15)24-9-11-12(18)3-2-4-14(11)20/h2-8H,9H2,1H3,(H,21,22). The topological polar surface area (TPSA) is 55.8 Å². The summed E-state index contributed by atoms with van der Waals surface area (Å²) in [6, 6.07) is 7.35. The van der Waals surface area contributed by atoms with E-state index in [2.05, 4.69) is 0 Å². The van der Waals surface area contributed by atoms with Gasteiger partial charge in [0.25, 0.3) is 0 Å². The second-order valence-electron chi connectivity index (χ2n) is 4.69. The summed E-state index contributed by atoms with van der Waals surface area (Å²) in [6.45, 7) is -0.109. The molecule has 0 amide bonds. The van der Waals surface area contributed by atoms with Crippen molar-refractivity contribution >= 4 is 35.2 Å². The third kappa shape index (κ3) is 4.40. The van der Waals surface area contributed by atoms with Crippen LogP contribution in [0.4, 0.5) is 4.39 Å². The Kier molecular flexibility index (Phi) is 6.06. The predicted octanol–water partition coefficient (Wildman–Crippen LogP) is 4.82. The van der Waals surface area contributed by atoms with Crippen LogP contribution in [0, 0.1) is 5.82 Å². The van der Waals surface area contributed by atoms with Crippen molar-refractivity contribution in [2.45, 2.75) is 6.61 Å². The van der Waals surface area contributed by atoms with Gasteiger partial charge in [-0.05, 0) is 29.8 Å². The van der Waals surface area contributed by atoms with Crippen LogP contribution in [-0.4, -0.2) is 18.2 Å². The van der Waals surface area contributed by atoms with E-state index in [0.717, 1.165) is 6.08 Å². The number of ether oxygens (including phenoxy) is 2. The third-order valence-corrected chi connectivity index (χ3v) is 3.80. The summed E-state index contributed by atoms with van der Waals surface area (Å²) in [5.74, 6) is -0.959. The van der Waals surface area contributed by atoms with E-state index >= 15 is 0 Å². The van der Waals surface area contributed by atoms with Crippen LogP contribution in [0.3, 0.4) is 0 Å². The second kappa shape index (κ2) is 8.04. The third-order valence-electron chi connectivity index (χ3n) is 3.12. The largest absolute Gasteiger partial charge is 0.493 e. The molecule has 0 bridgehead atoms. The van der Waals surface area contributed by atoms with Crippen molar-refractivity contribution in [3.8, 4) is 11.5 Å². The molecule has 2 rings (SSSR count). The van der Waals surface area contributed by atoms with Crippen molar-refractivity contribution < 1.29 is 23.8 Å². The van der Waals surface area contributed by atoms with Crippen molar-refractivity contribution in [3.05, 3.63) is 63.4 Å².